The Labute approximate surface area is 73.7 Å². The molecule has 12 heavy (non-hydrogen) atoms. The van der Waals surface area contributed by atoms with Crippen LogP contribution in [0.15, 0.2) is 0 Å². The lowest BCUT2D eigenvalue weighted by molar-refractivity contribution is 0.0804. The third-order valence-corrected chi connectivity index (χ3v) is 1.33. The van der Waals surface area contributed by atoms with Gasteiger partial charge >= 0.3 is 0 Å². The van der Waals surface area contributed by atoms with Crippen LogP contribution in [-0.2, 0) is 9.47 Å². The summed E-state index contributed by atoms with van der Waals surface area (Å²) in [6.45, 7) is 3.21. The molecular formula is C8H19NO3. The highest BCUT2D eigenvalue weighted by molar-refractivity contribution is 4.39. The first kappa shape index (κ1) is 11.8. The Hall–Kier alpha value is -0.160. The van der Waals surface area contributed by atoms with Crippen molar-refractivity contribution in [3.8, 4) is 0 Å². The van der Waals surface area contributed by atoms with Crippen LogP contribution in [0.3, 0.4) is 0 Å². The summed E-state index contributed by atoms with van der Waals surface area (Å²) in [4.78, 5) is 0. The Morgan fingerprint density at radius 1 is 0.917 bits per heavy atom. The van der Waals surface area contributed by atoms with Crippen LogP contribution in [0.2, 0.25) is 0 Å². The number of aliphatic hydroxyl groups is 1. The highest BCUT2D eigenvalue weighted by Crippen LogP contribution is 1.90. The fourth-order valence-corrected chi connectivity index (χ4v) is 0.760. The summed E-state index contributed by atoms with van der Waals surface area (Å²) < 4.78 is 10.2. The molecule has 0 aliphatic rings. The molecule has 0 rings (SSSR count). The third kappa shape index (κ3) is 9.84. The first-order chi connectivity index (χ1) is 5.91. The van der Waals surface area contributed by atoms with E-state index in [0.29, 0.717) is 26.4 Å². The van der Waals surface area contributed by atoms with Gasteiger partial charge in [0.15, 0.2) is 0 Å². The summed E-state index contributed by atoms with van der Waals surface area (Å²) in [6.07, 6.45) is 1.97. The van der Waals surface area contributed by atoms with E-state index in [2.05, 4.69) is 0 Å². The predicted molar refractivity (Wildman–Crippen MR) is 47.0 cm³/mol. The van der Waals surface area contributed by atoms with Gasteiger partial charge in [-0.15, -0.1) is 0 Å². The van der Waals surface area contributed by atoms with E-state index in [-0.39, 0.29) is 6.61 Å². The van der Waals surface area contributed by atoms with E-state index in [1.165, 1.54) is 0 Å². The van der Waals surface area contributed by atoms with Gasteiger partial charge < -0.3 is 20.3 Å². The average molecular weight is 177 g/mol. The van der Waals surface area contributed by atoms with Crippen molar-refractivity contribution >= 4 is 0 Å². The van der Waals surface area contributed by atoms with Gasteiger partial charge in [0.05, 0.1) is 19.8 Å². The Bertz CT molecular complexity index is 70.7. The van der Waals surface area contributed by atoms with Gasteiger partial charge in [-0.3, -0.25) is 0 Å². The van der Waals surface area contributed by atoms with Crippen LogP contribution in [-0.4, -0.2) is 44.7 Å². The zero-order valence-electron chi connectivity index (χ0n) is 7.50. The van der Waals surface area contributed by atoms with Crippen molar-refractivity contribution in [2.75, 3.05) is 39.6 Å². The second kappa shape index (κ2) is 10.8. The van der Waals surface area contributed by atoms with E-state index in [1.807, 2.05) is 0 Å². The maximum absolute atomic E-state index is 8.38. The van der Waals surface area contributed by atoms with Crippen molar-refractivity contribution in [1.82, 2.24) is 0 Å². The topological polar surface area (TPSA) is 64.7 Å². The molecule has 4 nitrogen and oxygen atoms in total. The van der Waals surface area contributed by atoms with Crippen molar-refractivity contribution in [2.45, 2.75) is 12.8 Å². The van der Waals surface area contributed by atoms with E-state index in [1.54, 1.807) is 0 Å². The number of unbranched alkanes of at least 4 members (excludes halogenated alkanes) is 1. The number of nitrogens with two attached hydrogens (primary N) is 1. The van der Waals surface area contributed by atoms with Gasteiger partial charge in [-0.25, -0.2) is 0 Å². The van der Waals surface area contributed by atoms with Gasteiger partial charge in [0.25, 0.3) is 0 Å². The van der Waals surface area contributed by atoms with E-state index >= 15 is 0 Å². The lowest BCUT2D eigenvalue weighted by Crippen LogP contribution is -2.09. The molecule has 0 unspecified atom stereocenters. The number of hydrogen-bond acceptors (Lipinski definition) is 4. The predicted octanol–water partition coefficient (Wildman–Crippen LogP) is -0.249. The van der Waals surface area contributed by atoms with Crippen LogP contribution in [0.25, 0.3) is 0 Å². The monoisotopic (exact) mass is 177 g/mol. The van der Waals surface area contributed by atoms with Gasteiger partial charge in [-0.2, -0.15) is 0 Å². The fourth-order valence-electron chi connectivity index (χ4n) is 0.760. The summed E-state index contributed by atoms with van der Waals surface area (Å²) in [5.41, 5.74) is 5.23. The molecule has 4 heteroatoms. The van der Waals surface area contributed by atoms with Crippen molar-refractivity contribution in [3.05, 3.63) is 0 Å². The molecule has 0 aliphatic heterocycles. The summed E-state index contributed by atoms with van der Waals surface area (Å²) in [6, 6.07) is 0. The van der Waals surface area contributed by atoms with E-state index < -0.39 is 0 Å². The van der Waals surface area contributed by atoms with Crippen molar-refractivity contribution in [1.29, 1.82) is 0 Å². The van der Waals surface area contributed by atoms with Gasteiger partial charge in [-0.1, -0.05) is 0 Å². The fraction of sp³-hybridized carbons (Fsp3) is 1.00. The van der Waals surface area contributed by atoms with Gasteiger partial charge in [0, 0.05) is 19.8 Å². The SMILES string of the molecule is NCCOCCCCOCCO. The summed E-state index contributed by atoms with van der Waals surface area (Å²) in [5, 5.41) is 8.38. The van der Waals surface area contributed by atoms with E-state index in [4.69, 9.17) is 20.3 Å². The molecule has 0 heterocycles. The minimum atomic E-state index is 0.101. The van der Waals surface area contributed by atoms with Crippen LogP contribution in [0.1, 0.15) is 12.8 Å². The minimum Gasteiger partial charge on any atom is -0.394 e. The molecule has 0 aliphatic carbocycles. The standard InChI is InChI=1S/C8H19NO3/c9-3-7-11-5-1-2-6-12-8-4-10/h10H,1-9H2. The molecule has 0 aromatic rings. The molecule has 0 fully saturated rings. The maximum atomic E-state index is 8.38. The molecule has 0 amide bonds. The molecule has 0 saturated carbocycles. The van der Waals surface area contributed by atoms with Crippen LogP contribution < -0.4 is 5.73 Å². The van der Waals surface area contributed by atoms with Gasteiger partial charge in [0.1, 0.15) is 0 Å². The highest BCUT2D eigenvalue weighted by Gasteiger charge is 1.89. The maximum Gasteiger partial charge on any atom is 0.0697 e. The van der Waals surface area contributed by atoms with Crippen molar-refractivity contribution < 1.29 is 14.6 Å². The van der Waals surface area contributed by atoms with Crippen molar-refractivity contribution in [2.24, 2.45) is 5.73 Å². The third-order valence-electron chi connectivity index (χ3n) is 1.33. The molecule has 0 radical (unpaired) electrons. The second-order valence-corrected chi connectivity index (χ2v) is 2.44. The molecule has 0 aromatic heterocycles. The quantitative estimate of drug-likeness (QED) is 0.477. The van der Waals surface area contributed by atoms with Gasteiger partial charge in [0.2, 0.25) is 0 Å². The Balaban J connectivity index is 2.73. The van der Waals surface area contributed by atoms with Crippen LogP contribution in [0.4, 0.5) is 0 Å². The van der Waals surface area contributed by atoms with E-state index in [9.17, 15) is 0 Å². The largest absolute Gasteiger partial charge is 0.394 e. The number of ether oxygens (including phenoxy) is 2. The lowest BCUT2D eigenvalue weighted by Gasteiger charge is -2.02. The number of rotatable bonds is 9. The first-order valence-electron chi connectivity index (χ1n) is 4.38. The molecule has 0 atom stereocenters. The zero-order chi connectivity index (χ0) is 9.07. The highest BCUT2D eigenvalue weighted by atomic mass is 16.5. The normalized spacial score (nSPS) is 10.5. The number of hydrogen-bond donors (Lipinski definition) is 2. The Kier molecular flexibility index (Phi) is 10.7. The summed E-state index contributed by atoms with van der Waals surface area (Å²) in [5.74, 6) is 0. The Morgan fingerprint density at radius 2 is 1.50 bits per heavy atom. The smallest absolute Gasteiger partial charge is 0.0697 e. The molecule has 0 saturated heterocycles. The molecule has 0 bridgehead atoms. The van der Waals surface area contributed by atoms with Crippen LogP contribution in [0.5, 0.6) is 0 Å². The first-order valence-corrected chi connectivity index (χ1v) is 4.38. The molecule has 3 N–H and O–H groups in total. The second-order valence-electron chi connectivity index (χ2n) is 2.44. The van der Waals surface area contributed by atoms with E-state index in [0.717, 1.165) is 19.4 Å². The molecule has 74 valence electrons. The molecular weight excluding hydrogens is 158 g/mol. The minimum absolute atomic E-state index is 0.101. The van der Waals surface area contributed by atoms with Crippen molar-refractivity contribution in [3.63, 3.8) is 0 Å². The lowest BCUT2D eigenvalue weighted by atomic mass is 10.3. The average Bonchev–Trinajstić information content (AvgIpc) is 2.10. The number of aliphatic hydroxyl groups excluding tert-OH is 1. The molecule has 0 aromatic carbocycles. The molecule has 0 spiro atoms. The summed E-state index contributed by atoms with van der Waals surface area (Å²) in [7, 11) is 0. The zero-order valence-corrected chi connectivity index (χ0v) is 7.50. The van der Waals surface area contributed by atoms with Gasteiger partial charge in [-0.05, 0) is 12.8 Å². The van der Waals surface area contributed by atoms with Crippen LogP contribution in [0, 0.1) is 0 Å². The Morgan fingerprint density at radius 3 is 2.00 bits per heavy atom. The van der Waals surface area contributed by atoms with Crippen LogP contribution >= 0.6 is 0 Å². The summed E-state index contributed by atoms with van der Waals surface area (Å²) >= 11 is 0.